The number of carbonyl (C=O) groups is 1. The third-order valence-electron chi connectivity index (χ3n) is 3.57. The Morgan fingerprint density at radius 1 is 1.20 bits per heavy atom. The second-order valence-electron chi connectivity index (χ2n) is 6.14. The third-order valence-corrected chi connectivity index (χ3v) is 3.57. The Bertz CT molecular complexity index is 412. The van der Waals surface area contributed by atoms with E-state index in [0.29, 0.717) is 18.9 Å². The highest BCUT2D eigenvalue weighted by Gasteiger charge is 2.16. The van der Waals surface area contributed by atoms with E-state index in [4.69, 9.17) is 5.73 Å². The van der Waals surface area contributed by atoms with Gasteiger partial charge in [0.1, 0.15) is 0 Å². The largest absolute Gasteiger partial charge is 0.350 e. The fraction of sp³-hybridized carbons (Fsp3) is 0.588. The van der Waals surface area contributed by atoms with Crippen LogP contribution < -0.4 is 11.1 Å². The first-order valence-corrected chi connectivity index (χ1v) is 7.48. The van der Waals surface area contributed by atoms with Crippen LogP contribution in [0.4, 0.5) is 0 Å². The van der Waals surface area contributed by atoms with Crippen LogP contribution in [0.2, 0.25) is 0 Å². The lowest BCUT2D eigenvalue weighted by molar-refractivity contribution is -0.122. The lowest BCUT2D eigenvalue weighted by Gasteiger charge is -2.19. The van der Waals surface area contributed by atoms with Crippen LogP contribution in [-0.4, -0.2) is 12.5 Å². The fourth-order valence-corrected chi connectivity index (χ4v) is 2.43. The van der Waals surface area contributed by atoms with E-state index < -0.39 is 0 Å². The molecule has 0 aliphatic carbocycles. The monoisotopic (exact) mass is 276 g/mol. The highest BCUT2D eigenvalue weighted by atomic mass is 16.1. The molecule has 1 aromatic rings. The molecule has 1 amide bonds. The molecule has 1 unspecified atom stereocenters. The van der Waals surface area contributed by atoms with Crippen molar-refractivity contribution >= 4 is 5.91 Å². The van der Waals surface area contributed by atoms with Crippen molar-refractivity contribution in [3.63, 3.8) is 0 Å². The summed E-state index contributed by atoms with van der Waals surface area (Å²) in [4.78, 5) is 12.1. The van der Waals surface area contributed by atoms with Crippen molar-refractivity contribution in [1.29, 1.82) is 0 Å². The molecule has 1 rings (SSSR count). The van der Waals surface area contributed by atoms with Crippen molar-refractivity contribution in [1.82, 2.24) is 5.32 Å². The van der Waals surface area contributed by atoms with E-state index in [1.807, 2.05) is 6.92 Å². The van der Waals surface area contributed by atoms with Gasteiger partial charge in [-0.3, -0.25) is 4.79 Å². The van der Waals surface area contributed by atoms with Crippen molar-refractivity contribution in [2.45, 2.75) is 46.6 Å². The number of aryl methyl sites for hydroxylation is 1. The van der Waals surface area contributed by atoms with Gasteiger partial charge in [0.25, 0.3) is 0 Å². The van der Waals surface area contributed by atoms with Crippen LogP contribution in [0.5, 0.6) is 0 Å². The Kier molecular flexibility index (Phi) is 6.73. The Morgan fingerprint density at radius 3 is 2.30 bits per heavy atom. The van der Waals surface area contributed by atoms with E-state index in [1.54, 1.807) is 0 Å². The SMILES string of the molecule is Cc1ccc([C@@H](C)NC(=O)CC(CN)CC(C)C)cc1. The first-order valence-electron chi connectivity index (χ1n) is 7.48. The second kappa shape index (κ2) is 8.05. The quantitative estimate of drug-likeness (QED) is 0.803. The average Bonchev–Trinajstić information content (AvgIpc) is 2.37. The molecule has 3 N–H and O–H groups in total. The summed E-state index contributed by atoms with van der Waals surface area (Å²) in [6.07, 6.45) is 1.52. The lowest BCUT2D eigenvalue weighted by atomic mass is 9.94. The zero-order chi connectivity index (χ0) is 15.1. The summed E-state index contributed by atoms with van der Waals surface area (Å²) in [7, 11) is 0. The highest BCUT2D eigenvalue weighted by Crippen LogP contribution is 2.16. The first-order chi connectivity index (χ1) is 9.42. The number of nitrogens with one attached hydrogen (secondary N) is 1. The van der Waals surface area contributed by atoms with Crippen LogP contribution in [-0.2, 0) is 4.79 Å². The molecule has 0 aromatic heterocycles. The van der Waals surface area contributed by atoms with E-state index in [-0.39, 0.29) is 17.9 Å². The summed E-state index contributed by atoms with van der Waals surface area (Å²) in [6.45, 7) is 8.97. The molecule has 3 nitrogen and oxygen atoms in total. The minimum Gasteiger partial charge on any atom is -0.350 e. The number of hydrogen-bond donors (Lipinski definition) is 2. The van der Waals surface area contributed by atoms with E-state index in [2.05, 4.69) is 50.4 Å². The molecule has 1 aromatic carbocycles. The second-order valence-corrected chi connectivity index (χ2v) is 6.14. The average molecular weight is 276 g/mol. The van der Waals surface area contributed by atoms with Gasteiger partial charge in [-0.15, -0.1) is 0 Å². The maximum atomic E-state index is 12.1. The van der Waals surface area contributed by atoms with Gasteiger partial charge in [-0.2, -0.15) is 0 Å². The number of nitrogens with two attached hydrogens (primary N) is 1. The molecule has 0 fully saturated rings. The smallest absolute Gasteiger partial charge is 0.220 e. The topological polar surface area (TPSA) is 55.1 Å². The van der Waals surface area contributed by atoms with Crippen molar-refractivity contribution < 1.29 is 4.79 Å². The van der Waals surface area contributed by atoms with Crippen LogP contribution in [0.3, 0.4) is 0 Å². The van der Waals surface area contributed by atoms with Crippen molar-refractivity contribution in [2.24, 2.45) is 17.6 Å². The van der Waals surface area contributed by atoms with Crippen LogP contribution in [0.25, 0.3) is 0 Å². The maximum Gasteiger partial charge on any atom is 0.220 e. The molecular formula is C17H28N2O. The first kappa shape index (κ1) is 16.7. The zero-order valence-corrected chi connectivity index (χ0v) is 13.1. The van der Waals surface area contributed by atoms with Crippen molar-refractivity contribution in [2.75, 3.05) is 6.54 Å². The lowest BCUT2D eigenvalue weighted by Crippen LogP contribution is -2.30. The number of benzene rings is 1. The summed E-state index contributed by atoms with van der Waals surface area (Å²) >= 11 is 0. The molecule has 0 saturated carbocycles. The third kappa shape index (κ3) is 5.74. The molecule has 0 bridgehead atoms. The number of rotatable bonds is 7. The van der Waals surface area contributed by atoms with Gasteiger partial charge >= 0.3 is 0 Å². The molecule has 0 saturated heterocycles. The molecule has 0 aliphatic heterocycles. The van der Waals surface area contributed by atoms with Gasteiger partial charge in [0.2, 0.25) is 5.91 Å². The minimum atomic E-state index is 0.0422. The molecule has 2 atom stereocenters. The van der Waals surface area contributed by atoms with Crippen LogP contribution in [0.15, 0.2) is 24.3 Å². The van der Waals surface area contributed by atoms with Crippen molar-refractivity contribution in [3.8, 4) is 0 Å². The van der Waals surface area contributed by atoms with Crippen LogP contribution in [0, 0.1) is 18.8 Å². The molecule has 3 heteroatoms. The number of amides is 1. The standard InChI is InChI=1S/C17H28N2O/c1-12(2)9-15(11-18)10-17(20)19-14(4)16-7-5-13(3)6-8-16/h5-8,12,14-15H,9-11,18H2,1-4H3,(H,19,20)/t14-,15?/m1/s1. The van der Waals surface area contributed by atoms with Gasteiger partial charge in [0, 0.05) is 6.42 Å². The normalized spacial score (nSPS) is 14.1. The van der Waals surface area contributed by atoms with Gasteiger partial charge < -0.3 is 11.1 Å². The molecule has 0 spiro atoms. The number of carbonyl (C=O) groups excluding carboxylic acids is 1. The number of hydrogen-bond acceptors (Lipinski definition) is 2. The van der Waals surface area contributed by atoms with Gasteiger partial charge in [-0.1, -0.05) is 43.7 Å². The Labute approximate surface area is 122 Å². The van der Waals surface area contributed by atoms with Crippen LogP contribution in [0.1, 0.15) is 50.8 Å². The highest BCUT2D eigenvalue weighted by molar-refractivity contribution is 5.76. The fourth-order valence-electron chi connectivity index (χ4n) is 2.43. The van der Waals surface area contributed by atoms with Gasteiger partial charge in [-0.25, -0.2) is 0 Å². The Balaban J connectivity index is 2.50. The van der Waals surface area contributed by atoms with E-state index in [1.165, 1.54) is 5.56 Å². The summed E-state index contributed by atoms with van der Waals surface area (Å²) < 4.78 is 0. The summed E-state index contributed by atoms with van der Waals surface area (Å²) in [5, 5.41) is 3.06. The predicted molar refractivity (Wildman–Crippen MR) is 84.4 cm³/mol. The zero-order valence-electron chi connectivity index (χ0n) is 13.1. The summed E-state index contributed by atoms with van der Waals surface area (Å²) in [6, 6.07) is 8.31. The molecule has 112 valence electrons. The minimum absolute atomic E-state index is 0.0422. The predicted octanol–water partition coefficient (Wildman–Crippen LogP) is 3.18. The van der Waals surface area contributed by atoms with Gasteiger partial charge in [0.15, 0.2) is 0 Å². The van der Waals surface area contributed by atoms with Crippen LogP contribution >= 0.6 is 0 Å². The van der Waals surface area contributed by atoms with E-state index in [0.717, 1.165) is 12.0 Å². The molecular weight excluding hydrogens is 248 g/mol. The van der Waals surface area contributed by atoms with E-state index >= 15 is 0 Å². The molecule has 0 radical (unpaired) electrons. The molecule has 0 aliphatic rings. The Hall–Kier alpha value is -1.35. The van der Waals surface area contributed by atoms with E-state index in [9.17, 15) is 4.79 Å². The Morgan fingerprint density at radius 2 is 1.80 bits per heavy atom. The van der Waals surface area contributed by atoms with Gasteiger partial charge in [0.05, 0.1) is 6.04 Å². The van der Waals surface area contributed by atoms with Crippen molar-refractivity contribution in [3.05, 3.63) is 35.4 Å². The maximum absolute atomic E-state index is 12.1. The summed E-state index contributed by atoms with van der Waals surface area (Å²) in [5.41, 5.74) is 8.11. The van der Waals surface area contributed by atoms with Gasteiger partial charge in [-0.05, 0) is 44.2 Å². The molecule has 0 heterocycles. The molecule has 20 heavy (non-hydrogen) atoms. The summed E-state index contributed by atoms with van der Waals surface area (Å²) in [5.74, 6) is 0.945.